The number of carbonyl (C=O) groups excluding carboxylic acids is 1. The smallest absolute Gasteiger partial charge is 0.299 e. The SMILES string of the molecule is O=C(CCc1cccc(C(F)(F)F)c1)C1CC2CCCC(C1)S2=O. The van der Waals surface area contributed by atoms with Gasteiger partial charge in [-0.05, 0) is 43.7 Å². The zero-order valence-electron chi connectivity index (χ0n) is 13.3. The van der Waals surface area contributed by atoms with E-state index in [1.54, 1.807) is 6.07 Å². The van der Waals surface area contributed by atoms with Crippen molar-refractivity contribution in [2.45, 2.75) is 61.6 Å². The highest BCUT2D eigenvalue weighted by Gasteiger charge is 2.40. The van der Waals surface area contributed by atoms with Gasteiger partial charge in [0.05, 0.1) is 5.56 Å². The standard InChI is InChI=1S/C18H21F3O2S/c19-18(20,21)14-4-1-3-12(9-14)7-8-17(22)13-10-15-5-2-6-16(11-13)24(15)23/h1,3-4,9,13,15-16H,2,5-8,10-11H2. The lowest BCUT2D eigenvalue weighted by Gasteiger charge is -2.37. The second kappa shape index (κ2) is 6.98. The molecule has 0 amide bonds. The van der Waals surface area contributed by atoms with Crippen LogP contribution < -0.4 is 0 Å². The van der Waals surface area contributed by atoms with Crippen LogP contribution in [0.2, 0.25) is 0 Å². The quantitative estimate of drug-likeness (QED) is 0.805. The van der Waals surface area contributed by atoms with Crippen LogP contribution in [0.15, 0.2) is 24.3 Å². The Kier molecular flexibility index (Phi) is 5.13. The third kappa shape index (κ3) is 3.90. The van der Waals surface area contributed by atoms with Crippen molar-refractivity contribution in [3.63, 3.8) is 0 Å². The third-order valence-corrected chi connectivity index (χ3v) is 7.34. The molecule has 1 aromatic rings. The molecule has 2 saturated heterocycles. The van der Waals surface area contributed by atoms with Crippen LogP contribution in [0.1, 0.15) is 49.7 Å². The Bertz CT molecular complexity index is 625. The van der Waals surface area contributed by atoms with Crippen molar-refractivity contribution in [3.8, 4) is 0 Å². The molecule has 0 spiro atoms. The molecule has 0 saturated carbocycles. The van der Waals surface area contributed by atoms with Crippen LogP contribution in [0.4, 0.5) is 13.2 Å². The summed E-state index contributed by atoms with van der Waals surface area (Å²) in [6.07, 6.45) is 0.558. The topological polar surface area (TPSA) is 34.1 Å². The van der Waals surface area contributed by atoms with E-state index in [4.69, 9.17) is 0 Å². The molecule has 24 heavy (non-hydrogen) atoms. The summed E-state index contributed by atoms with van der Waals surface area (Å²) in [5, 5.41) is 0.278. The Labute approximate surface area is 142 Å². The molecule has 3 rings (SSSR count). The van der Waals surface area contributed by atoms with E-state index in [2.05, 4.69) is 0 Å². The molecule has 2 atom stereocenters. The first-order valence-electron chi connectivity index (χ1n) is 8.43. The van der Waals surface area contributed by atoms with Gasteiger partial charge in [-0.3, -0.25) is 9.00 Å². The van der Waals surface area contributed by atoms with Crippen molar-refractivity contribution < 1.29 is 22.2 Å². The number of ketones is 1. The summed E-state index contributed by atoms with van der Waals surface area (Å²) in [4.78, 5) is 12.5. The van der Waals surface area contributed by atoms with Gasteiger partial charge in [-0.2, -0.15) is 13.2 Å². The number of alkyl halides is 3. The summed E-state index contributed by atoms with van der Waals surface area (Å²) < 4.78 is 50.4. The summed E-state index contributed by atoms with van der Waals surface area (Å²) in [5.74, 6) is 0.0461. The lowest BCUT2D eigenvalue weighted by molar-refractivity contribution is -0.137. The molecule has 1 aromatic carbocycles. The third-order valence-electron chi connectivity index (χ3n) is 5.17. The molecule has 2 fully saturated rings. The molecule has 0 radical (unpaired) electrons. The summed E-state index contributed by atoms with van der Waals surface area (Å²) in [7, 11) is -0.803. The second-order valence-corrected chi connectivity index (χ2v) is 8.83. The van der Waals surface area contributed by atoms with Gasteiger partial charge in [-0.1, -0.05) is 24.6 Å². The maximum Gasteiger partial charge on any atom is 0.416 e. The molecular weight excluding hydrogens is 337 g/mol. The average Bonchev–Trinajstić information content (AvgIpc) is 2.52. The molecule has 0 aromatic heterocycles. The number of Topliss-reactive ketones (excluding diaryl/α,β-unsaturated/α-hetero) is 1. The fourth-order valence-corrected chi connectivity index (χ4v) is 6.06. The van der Waals surface area contributed by atoms with Crippen LogP contribution in [0.3, 0.4) is 0 Å². The number of halogens is 3. The molecule has 6 heteroatoms. The van der Waals surface area contributed by atoms with Crippen LogP contribution >= 0.6 is 0 Å². The maximum absolute atomic E-state index is 12.7. The number of hydrogen-bond acceptors (Lipinski definition) is 2. The van der Waals surface area contributed by atoms with Gasteiger partial charge in [0.15, 0.2) is 0 Å². The molecule has 2 heterocycles. The highest BCUT2D eigenvalue weighted by atomic mass is 32.2. The number of benzene rings is 1. The Morgan fingerprint density at radius 1 is 1.17 bits per heavy atom. The normalized spacial score (nSPS) is 30.1. The van der Waals surface area contributed by atoms with E-state index >= 15 is 0 Å². The van der Waals surface area contributed by atoms with E-state index < -0.39 is 22.5 Å². The van der Waals surface area contributed by atoms with Crippen molar-refractivity contribution in [2.24, 2.45) is 5.92 Å². The van der Waals surface area contributed by atoms with Crippen LogP contribution in [0.25, 0.3) is 0 Å². The lowest BCUT2D eigenvalue weighted by Crippen LogP contribution is -2.41. The molecule has 0 aliphatic carbocycles. The Morgan fingerprint density at radius 3 is 2.46 bits per heavy atom. The number of rotatable bonds is 4. The fourth-order valence-electron chi connectivity index (χ4n) is 3.87. The molecule has 2 aliphatic rings. The van der Waals surface area contributed by atoms with Gasteiger partial charge >= 0.3 is 6.18 Å². The van der Waals surface area contributed by atoms with Gasteiger partial charge < -0.3 is 0 Å². The number of hydrogen-bond donors (Lipinski definition) is 0. The monoisotopic (exact) mass is 358 g/mol. The van der Waals surface area contributed by atoms with E-state index in [0.717, 1.165) is 31.4 Å². The minimum atomic E-state index is -4.36. The minimum Gasteiger partial charge on any atom is -0.299 e. The van der Waals surface area contributed by atoms with Crippen molar-refractivity contribution in [1.82, 2.24) is 0 Å². The largest absolute Gasteiger partial charge is 0.416 e. The molecule has 2 aliphatic heterocycles. The van der Waals surface area contributed by atoms with Gasteiger partial charge in [0.1, 0.15) is 5.78 Å². The van der Waals surface area contributed by atoms with E-state index in [-0.39, 0.29) is 28.6 Å². The first kappa shape index (κ1) is 17.6. The predicted octanol–water partition coefficient (Wildman–Crippen LogP) is 4.29. The predicted molar refractivity (Wildman–Crippen MR) is 87.1 cm³/mol. The molecule has 132 valence electrons. The second-order valence-electron chi connectivity index (χ2n) is 6.84. The van der Waals surface area contributed by atoms with Crippen LogP contribution in [0.5, 0.6) is 0 Å². The van der Waals surface area contributed by atoms with E-state index in [9.17, 15) is 22.2 Å². The number of aryl methyl sites for hydroxylation is 1. The van der Waals surface area contributed by atoms with Crippen molar-refractivity contribution in [3.05, 3.63) is 35.4 Å². The van der Waals surface area contributed by atoms with Crippen molar-refractivity contribution in [1.29, 1.82) is 0 Å². The van der Waals surface area contributed by atoms with Crippen LogP contribution in [0, 0.1) is 5.92 Å². The Balaban J connectivity index is 1.59. The summed E-state index contributed by atoms with van der Waals surface area (Å²) in [5.41, 5.74) is -0.132. The van der Waals surface area contributed by atoms with Crippen molar-refractivity contribution in [2.75, 3.05) is 0 Å². The average molecular weight is 358 g/mol. The van der Waals surface area contributed by atoms with Gasteiger partial charge in [0.2, 0.25) is 0 Å². The fraction of sp³-hybridized carbons (Fsp3) is 0.611. The molecule has 2 nitrogen and oxygen atoms in total. The minimum absolute atomic E-state index is 0.0659. The van der Waals surface area contributed by atoms with Gasteiger partial charge in [0.25, 0.3) is 0 Å². The molecule has 2 bridgehead atoms. The van der Waals surface area contributed by atoms with Gasteiger partial charge in [0, 0.05) is 33.6 Å². The zero-order valence-corrected chi connectivity index (χ0v) is 14.2. The van der Waals surface area contributed by atoms with Gasteiger partial charge in [-0.15, -0.1) is 0 Å². The summed E-state index contributed by atoms with van der Waals surface area (Å²) >= 11 is 0. The van der Waals surface area contributed by atoms with Crippen LogP contribution in [-0.2, 0) is 28.2 Å². The van der Waals surface area contributed by atoms with E-state index in [0.29, 0.717) is 24.8 Å². The Morgan fingerprint density at radius 2 is 1.83 bits per heavy atom. The molecule has 0 N–H and O–H groups in total. The maximum atomic E-state index is 12.7. The summed E-state index contributed by atoms with van der Waals surface area (Å²) in [6.45, 7) is 0. The van der Waals surface area contributed by atoms with E-state index in [1.807, 2.05) is 0 Å². The number of carbonyl (C=O) groups is 1. The lowest BCUT2D eigenvalue weighted by atomic mass is 9.85. The Hall–Kier alpha value is -1.17. The van der Waals surface area contributed by atoms with Crippen molar-refractivity contribution >= 4 is 16.6 Å². The van der Waals surface area contributed by atoms with Gasteiger partial charge in [-0.25, -0.2) is 0 Å². The molecular formula is C18H21F3O2S. The van der Waals surface area contributed by atoms with Crippen LogP contribution in [-0.4, -0.2) is 20.5 Å². The summed E-state index contributed by atoms with van der Waals surface area (Å²) in [6, 6.07) is 5.19. The highest BCUT2D eigenvalue weighted by molar-refractivity contribution is 7.86. The first-order valence-corrected chi connectivity index (χ1v) is 9.70. The van der Waals surface area contributed by atoms with E-state index in [1.165, 1.54) is 6.07 Å². The number of fused-ring (bicyclic) bond motifs is 2. The highest BCUT2D eigenvalue weighted by Crippen LogP contribution is 2.38. The molecule has 2 unspecified atom stereocenters. The first-order chi connectivity index (χ1) is 11.3. The zero-order chi connectivity index (χ0) is 17.3.